The molecule has 1 aromatic carbocycles. The largest absolute Gasteiger partial charge is 0.508 e. The lowest BCUT2D eigenvalue weighted by molar-refractivity contribution is -0.121. The molecule has 0 fully saturated rings. The van der Waals surface area contributed by atoms with Crippen LogP contribution in [0.3, 0.4) is 0 Å². The molecular weight excluding hydrogens is 340 g/mol. The van der Waals surface area contributed by atoms with Crippen molar-refractivity contribution < 1.29 is 9.90 Å². The Labute approximate surface area is 147 Å². The van der Waals surface area contributed by atoms with Gasteiger partial charge in [0.05, 0.1) is 17.9 Å². The normalized spacial score (nSPS) is 11.2. The van der Waals surface area contributed by atoms with Gasteiger partial charge in [-0.1, -0.05) is 6.92 Å². The molecule has 0 aliphatic rings. The number of aromatic hydroxyl groups is 1. The highest BCUT2D eigenvalue weighted by atomic mass is 32.1. The number of benzene rings is 1. The lowest BCUT2D eigenvalue weighted by atomic mass is 10.2. The molecule has 0 saturated carbocycles. The molecule has 8 heteroatoms. The Kier molecular flexibility index (Phi) is 4.90. The first-order chi connectivity index (χ1) is 12.1. The molecule has 0 aliphatic carbocycles. The van der Waals surface area contributed by atoms with Gasteiger partial charge in [-0.05, 0) is 42.3 Å². The number of nitrogens with one attached hydrogen (secondary N) is 1. The number of aryl methyl sites for hydroxylation is 1. The SMILES string of the molecule is CCc1cc2c(=O)n(CC(=O)N/N=C\c3ccc(O)cc3)cnc2s1. The maximum absolute atomic E-state index is 12.4. The molecule has 2 N–H and O–H groups in total. The van der Waals surface area contributed by atoms with E-state index < -0.39 is 5.91 Å². The molecule has 0 radical (unpaired) electrons. The van der Waals surface area contributed by atoms with Crippen LogP contribution in [0.25, 0.3) is 10.2 Å². The Morgan fingerprint density at radius 1 is 1.40 bits per heavy atom. The van der Waals surface area contributed by atoms with Gasteiger partial charge < -0.3 is 5.11 Å². The third-order valence-electron chi connectivity index (χ3n) is 3.53. The first-order valence-corrected chi connectivity index (χ1v) is 8.47. The van der Waals surface area contributed by atoms with E-state index in [1.165, 1.54) is 40.6 Å². The summed E-state index contributed by atoms with van der Waals surface area (Å²) >= 11 is 1.49. The van der Waals surface area contributed by atoms with Crippen LogP contribution in [0.1, 0.15) is 17.4 Å². The third kappa shape index (κ3) is 3.92. The lowest BCUT2D eigenvalue weighted by Crippen LogP contribution is -2.29. The van der Waals surface area contributed by atoms with E-state index in [2.05, 4.69) is 15.5 Å². The number of phenolic OH excluding ortho intramolecular Hbond substituents is 1. The number of carbonyl (C=O) groups excluding carboxylic acids is 1. The van der Waals surface area contributed by atoms with E-state index in [-0.39, 0.29) is 17.9 Å². The fraction of sp³-hybridized carbons (Fsp3) is 0.176. The van der Waals surface area contributed by atoms with Crippen molar-refractivity contribution in [2.75, 3.05) is 0 Å². The van der Waals surface area contributed by atoms with Crippen molar-refractivity contribution in [3.05, 3.63) is 57.5 Å². The number of thiophene rings is 1. The third-order valence-corrected chi connectivity index (χ3v) is 4.71. The van der Waals surface area contributed by atoms with Gasteiger partial charge in [0, 0.05) is 4.88 Å². The van der Waals surface area contributed by atoms with E-state index in [1.807, 2.05) is 13.0 Å². The monoisotopic (exact) mass is 356 g/mol. The quantitative estimate of drug-likeness (QED) is 0.539. The van der Waals surface area contributed by atoms with Crippen molar-refractivity contribution in [3.63, 3.8) is 0 Å². The van der Waals surface area contributed by atoms with Crippen LogP contribution in [0.15, 0.2) is 46.6 Å². The van der Waals surface area contributed by atoms with E-state index in [0.29, 0.717) is 10.2 Å². The lowest BCUT2D eigenvalue weighted by Gasteiger charge is -2.03. The molecule has 1 amide bonds. The number of amides is 1. The summed E-state index contributed by atoms with van der Waals surface area (Å²) in [7, 11) is 0. The van der Waals surface area contributed by atoms with E-state index in [1.54, 1.807) is 12.1 Å². The maximum atomic E-state index is 12.4. The number of hydrazone groups is 1. The molecule has 25 heavy (non-hydrogen) atoms. The summed E-state index contributed by atoms with van der Waals surface area (Å²) in [5, 5.41) is 13.6. The molecule has 0 unspecified atom stereocenters. The highest BCUT2D eigenvalue weighted by Gasteiger charge is 2.10. The minimum atomic E-state index is -0.427. The Balaban J connectivity index is 1.68. The molecule has 0 aliphatic heterocycles. The number of hydrogen-bond donors (Lipinski definition) is 2. The molecule has 128 valence electrons. The molecule has 3 rings (SSSR count). The zero-order valence-corrected chi connectivity index (χ0v) is 14.3. The van der Waals surface area contributed by atoms with Gasteiger partial charge in [-0.3, -0.25) is 14.2 Å². The van der Waals surface area contributed by atoms with Crippen molar-refractivity contribution >= 4 is 33.7 Å². The smallest absolute Gasteiger partial charge is 0.262 e. The predicted octanol–water partition coefficient (Wildman–Crippen LogP) is 1.88. The zero-order valence-electron chi connectivity index (χ0n) is 13.5. The van der Waals surface area contributed by atoms with Crippen LogP contribution in [-0.4, -0.2) is 26.8 Å². The molecule has 3 aromatic rings. The first kappa shape index (κ1) is 16.8. The van der Waals surface area contributed by atoms with Crippen LogP contribution in [0.5, 0.6) is 5.75 Å². The fourth-order valence-electron chi connectivity index (χ4n) is 2.23. The van der Waals surface area contributed by atoms with Gasteiger partial charge in [0.15, 0.2) is 0 Å². The van der Waals surface area contributed by atoms with Gasteiger partial charge in [0.2, 0.25) is 0 Å². The standard InChI is InChI=1S/C17H16N4O3S/c1-2-13-7-14-16(25-13)18-10-21(17(14)24)9-15(23)20-19-8-11-3-5-12(22)6-4-11/h3-8,10,22H,2,9H2,1H3,(H,20,23)/b19-8-. The summed E-state index contributed by atoms with van der Waals surface area (Å²) < 4.78 is 1.26. The van der Waals surface area contributed by atoms with Gasteiger partial charge in [0.25, 0.3) is 11.5 Å². The van der Waals surface area contributed by atoms with Gasteiger partial charge in [0.1, 0.15) is 17.1 Å². The van der Waals surface area contributed by atoms with Crippen LogP contribution < -0.4 is 11.0 Å². The minimum absolute atomic E-state index is 0.156. The van der Waals surface area contributed by atoms with E-state index in [4.69, 9.17) is 0 Å². The number of hydrogen-bond acceptors (Lipinski definition) is 6. The van der Waals surface area contributed by atoms with Crippen molar-refractivity contribution in [2.45, 2.75) is 19.9 Å². The van der Waals surface area contributed by atoms with Crippen molar-refractivity contribution in [1.29, 1.82) is 0 Å². The highest BCUT2D eigenvalue weighted by molar-refractivity contribution is 7.18. The summed E-state index contributed by atoms with van der Waals surface area (Å²) in [6, 6.07) is 8.20. The molecule has 0 spiro atoms. The summed E-state index contributed by atoms with van der Waals surface area (Å²) in [5.74, 6) is -0.271. The number of aromatic nitrogens is 2. The van der Waals surface area contributed by atoms with Crippen LogP contribution in [0, 0.1) is 0 Å². The van der Waals surface area contributed by atoms with Crippen LogP contribution >= 0.6 is 11.3 Å². The van der Waals surface area contributed by atoms with E-state index >= 15 is 0 Å². The average Bonchev–Trinajstić information content (AvgIpc) is 3.03. The Morgan fingerprint density at radius 2 is 2.16 bits per heavy atom. The summed E-state index contributed by atoms with van der Waals surface area (Å²) in [6.45, 7) is 1.86. The topological polar surface area (TPSA) is 96.6 Å². The zero-order chi connectivity index (χ0) is 17.8. The molecule has 7 nitrogen and oxygen atoms in total. The number of phenols is 1. The van der Waals surface area contributed by atoms with Crippen LogP contribution in [0.4, 0.5) is 0 Å². The van der Waals surface area contributed by atoms with E-state index in [0.717, 1.165) is 16.9 Å². The highest BCUT2D eigenvalue weighted by Crippen LogP contribution is 2.20. The van der Waals surface area contributed by atoms with Gasteiger partial charge in [-0.25, -0.2) is 10.4 Å². The molecule has 2 aromatic heterocycles. The van der Waals surface area contributed by atoms with Crippen molar-refractivity contribution in [3.8, 4) is 5.75 Å². The number of fused-ring (bicyclic) bond motifs is 1. The van der Waals surface area contributed by atoms with Crippen LogP contribution in [0.2, 0.25) is 0 Å². The Hall–Kier alpha value is -3.00. The number of carbonyl (C=O) groups is 1. The Morgan fingerprint density at radius 3 is 2.88 bits per heavy atom. The number of rotatable bonds is 5. The summed E-state index contributed by atoms with van der Waals surface area (Å²) in [6.07, 6.45) is 3.67. The van der Waals surface area contributed by atoms with Crippen molar-refractivity contribution in [1.82, 2.24) is 15.0 Å². The Bertz CT molecular complexity index is 989. The van der Waals surface area contributed by atoms with Gasteiger partial charge in [-0.15, -0.1) is 11.3 Å². The van der Waals surface area contributed by atoms with Gasteiger partial charge in [-0.2, -0.15) is 5.10 Å². The summed E-state index contributed by atoms with van der Waals surface area (Å²) in [4.78, 5) is 30.4. The first-order valence-electron chi connectivity index (χ1n) is 7.65. The molecule has 0 atom stereocenters. The maximum Gasteiger partial charge on any atom is 0.262 e. The second kappa shape index (κ2) is 7.27. The van der Waals surface area contributed by atoms with Crippen LogP contribution in [-0.2, 0) is 17.8 Å². The van der Waals surface area contributed by atoms with E-state index in [9.17, 15) is 14.7 Å². The van der Waals surface area contributed by atoms with Gasteiger partial charge >= 0.3 is 0 Å². The molecule has 2 heterocycles. The average molecular weight is 356 g/mol. The molecular formula is C17H16N4O3S. The number of nitrogens with zero attached hydrogens (tertiary/aromatic N) is 3. The second-order valence-corrected chi connectivity index (χ2v) is 6.46. The molecule has 0 saturated heterocycles. The fourth-order valence-corrected chi connectivity index (χ4v) is 3.15. The minimum Gasteiger partial charge on any atom is -0.508 e. The summed E-state index contributed by atoms with van der Waals surface area (Å²) in [5.41, 5.74) is 2.86. The molecule has 0 bridgehead atoms. The van der Waals surface area contributed by atoms with Crippen molar-refractivity contribution in [2.24, 2.45) is 5.10 Å². The predicted molar refractivity (Wildman–Crippen MR) is 97.1 cm³/mol. The second-order valence-electron chi connectivity index (χ2n) is 5.35.